The number of hydrogen-bond acceptors (Lipinski definition) is 4. The van der Waals surface area contributed by atoms with E-state index in [1.807, 2.05) is 20.8 Å². The van der Waals surface area contributed by atoms with E-state index in [9.17, 15) is 8.42 Å². The summed E-state index contributed by atoms with van der Waals surface area (Å²) >= 11 is 0. The molecule has 0 aliphatic carbocycles. The van der Waals surface area contributed by atoms with Crippen LogP contribution in [0.25, 0.3) is 0 Å². The zero-order valence-electron chi connectivity index (χ0n) is 12.7. The van der Waals surface area contributed by atoms with E-state index in [1.165, 1.54) is 0 Å². The topological polar surface area (TPSA) is 78.6 Å². The Bertz CT molecular complexity index is 574. The molecule has 0 fully saturated rings. The van der Waals surface area contributed by atoms with Crippen LogP contribution in [0.4, 0.5) is 0 Å². The third-order valence-corrected chi connectivity index (χ3v) is 3.99. The molecule has 0 amide bonds. The molecular weight excluding hydrogens is 278 g/mol. The largest absolute Gasteiger partial charge is 0.491 e. The molecule has 0 saturated carbocycles. The van der Waals surface area contributed by atoms with Crippen LogP contribution < -0.4 is 9.88 Å². The Balaban J connectivity index is 3.34. The van der Waals surface area contributed by atoms with Gasteiger partial charge in [-0.05, 0) is 30.0 Å². The van der Waals surface area contributed by atoms with Crippen molar-refractivity contribution in [2.45, 2.75) is 38.0 Å². The van der Waals surface area contributed by atoms with Crippen LogP contribution in [0.1, 0.15) is 31.9 Å². The number of ether oxygens (including phenoxy) is 2. The van der Waals surface area contributed by atoms with Crippen LogP contribution in [-0.4, -0.2) is 28.7 Å². The second kappa shape index (κ2) is 6.11. The van der Waals surface area contributed by atoms with Gasteiger partial charge in [0.2, 0.25) is 10.0 Å². The van der Waals surface area contributed by atoms with Crippen molar-refractivity contribution in [2.24, 2.45) is 5.14 Å². The van der Waals surface area contributed by atoms with Gasteiger partial charge in [-0.2, -0.15) is 0 Å². The normalized spacial score (nSPS) is 12.5. The molecule has 1 rings (SSSR count). The molecule has 0 aliphatic heterocycles. The maximum Gasteiger partial charge on any atom is 0.238 e. The van der Waals surface area contributed by atoms with Crippen LogP contribution >= 0.6 is 0 Å². The van der Waals surface area contributed by atoms with Crippen LogP contribution in [0, 0.1) is 6.92 Å². The number of aryl methyl sites for hydroxylation is 1. The van der Waals surface area contributed by atoms with Gasteiger partial charge in [0, 0.05) is 12.7 Å². The number of sulfonamides is 1. The third kappa shape index (κ3) is 4.19. The van der Waals surface area contributed by atoms with E-state index in [2.05, 4.69) is 0 Å². The zero-order chi connectivity index (χ0) is 15.6. The summed E-state index contributed by atoms with van der Waals surface area (Å²) in [4.78, 5) is 0.140. The molecule has 0 aliphatic rings. The number of hydrogen-bond donors (Lipinski definition) is 1. The average molecular weight is 301 g/mol. The standard InChI is InChI=1S/C14H23NO4S/c1-10-8-12(19-7-6-18-5)11(14(2,3)4)9-13(10)20(15,16)17/h8-9H,6-7H2,1-5H3,(H2,15,16,17). The van der Waals surface area contributed by atoms with Crippen molar-refractivity contribution >= 4 is 10.0 Å². The first-order chi connectivity index (χ1) is 9.07. The summed E-state index contributed by atoms with van der Waals surface area (Å²) in [5.74, 6) is 0.666. The molecule has 0 heterocycles. The lowest BCUT2D eigenvalue weighted by atomic mass is 9.86. The molecule has 20 heavy (non-hydrogen) atoms. The molecule has 0 aromatic heterocycles. The first-order valence-corrected chi connectivity index (χ1v) is 7.91. The molecule has 0 spiro atoms. The van der Waals surface area contributed by atoms with Crippen molar-refractivity contribution in [1.29, 1.82) is 0 Å². The fourth-order valence-electron chi connectivity index (χ4n) is 1.91. The molecule has 2 N–H and O–H groups in total. The molecule has 6 heteroatoms. The lowest BCUT2D eigenvalue weighted by molar-refractivity contribution is 0.145. The van der Waals surface area contributed by atoms with Crippen LogP contribution in [0.3, 0.4) is 0 Å². The molecule has 0 atom stereocenters. The van der Waals surface area contributed by atoms with Crippen molar-refractivity contribution in [2.75, 3.05) is 20.3 Å². The Kier molecular flexibility index (Phi) is 5.18. The fraction of sp³-hybridized carbons (Fsp3) is 0.571. The van der Waals surface area contributed by atoms with Crippen molar-refractivity contribution in [1.82, 2.24) is 0 Å². The van der Waals surface area contributed by atoms with Gasteiger partial charge in [-0.1, -0.05) is 20.8 Å². The molecule has 0 unspecified atom stereocenters. The average Bonchev–Trinajstić information content (AvgIpc) is 2.25. The van der Waals surface area contributed by atoms with E-state index in [4.69, 9.17) is 14.6 Å². The molecule has 5 nitrogen and oxygen atoms in total. The van der Waals surface area contributed by atoms with Crippen molar-refractivity contribution in [3.8, 4) is 5.75 Å². The second-order valence-corrected chi connectivity index (χ2v) is 7.28. The lowest BCUT2D eigenvalue weighted by Gasteiger charge is -2.24. The highest BCUT2D eigenvalue weighted by Crippen LogP contribution is 2.34. The van der Waals surface area contributed by atoms with Crippen molar-refractivity contribution in [3.63, 3.8) is 0 Å². The molecule has 0 bridgehead atoms. The fourth-order valence-corrected chi connectivity index (χ4v) is 2.70. The minimum atomic E-state index is -3.74. The van der Waals surface area contributed by atoms with Crippen LogP contribution in [0.5, 0.6) is 5.75 Å². The molecule has 1 aromatic rings. The van der Waals surface area contributed by atoms with E-state index in [1.54, 1.807) is 26.2 Å². The molecule has 114 valence electrons. The number of primary sulfonamides is 1. The monoisotopic (exact) mass is 301 g/mol. The van der Waals surface area contributed by atoms with Gasteiger partial charge in [-0.25, -0.2) is 13.6 Å². The summed E-state index contributed by atoms with van der Waals surface area (Å²) < 4.78 is 33.9. The summed E-state index contributed by atoms with van der Waals surface area (Å²) in [5.41, 5.74) is 1.13. The quantitative estimate of drug-likeness (QED) is 0.843. The summed E-state index contributed by atoms with van der Waals surface area (Å²) in [6.07, 6.45) is 0. The Morgan fingerprint density at radius 3 is 2.25 bits per heavy atom. The maximum atomic E-state index is 11.6. The first-order valence-electron chi connectivity index (χ1n) is 6.37. The highest BCUT2D eigenvalue weighted by atomic mass is 32.2. The van der Waals surface area contributed by atoms with Gasteiger partial charge in [-0.15, -0.1) is 0 Å². The van der Waals surface area contributed by atoms with E-state index in [-0.39, 0.29) is 10.3 Å². The first kappa shape index (κ1) is 16.9. The van der Waals surface area contributed by atoms with Gasteiger partial charge in [0.25, 0.3) is 0 Å². The van der Waals surface area contributed by atoms with Gasteiger partial charge in [0.05, 0.1) is 11.5 Å². The smallest absolute Gasteiger partial charge is 0.238 e. The Morgan fingerprint density at radius 2 is 1.80 bits per heavy atom. The lowest BCUT2D eigenvalue weighted by Crippen LogP contribution is -2.19. The van der Waals surface area contributed by atoms with Crippen molar-refractivity contribution in [3.05, 3.63) is 23.3 Å². The summed E-state index contributed by atoms with van der Waals surface area (Å²) in [5, 5.41) is 5.25. The summed E-state index contributed by atoms with van der Waals surface area (Å²) in [6.45, 7) is 8.57. The predicted octanol–water partition coefficient (Wildman–Crippen LogP) is 1.97. The number of rotatable bonds is 5. The van der Waals surface area contributed by atoms with Crippen LogP contribution in [0.2, 0.25) is 0 Å². The number of nitrogens with two attached hydrogens (primary N) is 1. The second-order valence-electron chi connectivity index (χ2n) is 5.75. The van der Waals surface area contributed by atoms with Gasteiger partial charge in [0.1, 0.15) is 12.4 Å². The SMILES string of the molecule is COCCOc1cc(C)c(S(N)(=O)=O)cc1C(C)(C)C. The Hall–Kier alpha value is -1.11. The molecule has 0 radical (unpaired) electrons. The molecule has 1 aromatic carbocycles. The van der Waals surface area contributed by atoms with Crippen molar-refractivity contribution < 1.29 is 17.9 Å². The maximum absolute atomic E-state index is 11.6. The van der Waals surface area contributed by atoms with Crippen LogP contribution in [-0.2, 0) is 20.2 Å². The van der Waals surface area contributed by atoms with Gasteiger partial charge in [0.15, 0.2) is 0 Å². The minimum Gasteiger partial charge on any atom is -0.491 e. The summed E-state index contributed by atoms with van der Waals surface area (Å²) in [6, 6.07) is 3.32. The van der Waals surface area contributed by atoms with Gasteiger partial charge in [-0.3, -0.25) is 0 Å². The highest BCUT2D eigenvalue weighted by Gasteiger charge is 2.23. The number of methoxy groups -OCH3 is 1. The van der Waals surface area contributed by atoms with Gasteiger partial charge >= 0.3 is 0 Å². The van der Waals surface area contributed by atoms with E-state index >= 15 is 0 Å². The Morgan fingerprint density at radius 1 is 1.20 bits per heavy atom. The molecular formula is C14H23NO4S. The summed E-state index contributed by atoms with van der Waals surface area (Å²) in [7, 11) is -2.14. The predicted molar refractivity (Wildman–Crippen MR) is 78.6 cm³/mol. The van der Waals surface area contributed by atoms with E-state index in [0.717, 1.165) is 5.56 Å². The molecule has 0 saturated heterocycles. The highest BCUT2D eigenvalue weighted by molar-refractivity contribution is 7.89. The van der Waals surface area contributed by atoms with E-state index < -0.39 is 10.0 Å². The third-order valence-electron chi connectivity index (χ3n) is 2.94. The minimum absolute atomic E-state index is 0.140. The van der Waals surface area contributed by atoms with E-state index in [0.29, 0.717) is 24.5 Å². The van der Waals surface area contributed by atoms with Gasteiger partial charge < -0.3 is 9.47 Å². The zero-order valence-corrected chi connectivity index (χ0v) is 13.5. The van der Waals surface area contributed by atoms with Crippen LogP contribution in [0.15, 0.2) is 17.0 Å². The number of benzene rings is 1. The Labute approximate surface area is 121 Å².